The van der Waals surface area contributed by atoms with E-state index in [9.17, 15) is 9.50 Å². The van der Waals surface area contributed by atoms with Crippen molar-refractivity contribution in [1.82, 2.24) is 0 Å². The molecule has 0 heterocycles. The fourth-order valence-electron chi connectivity index (χ4n) is 2.69. The molecule has 3 aromatic rings. The molecule has 3 nitrogen and oxygen atoms in total. The maximum atomic E-state index is 13.1. The van der Waals surface area contributed by atoms with Crippen molar-refractivity contribution in [3.05, 3.63) is 101 Å². The number of ether oxygens (including phenoxy) is 2. The van der Waals surface area contributed by atoms with Crippen molar-refractivity contribution >= 4 is 6.08 Å². The van der Waals surface area contributed by atoms with Crippen molar-refractivity contribution in [2.24, 2.45) is 0 Å². The standard InChI is InChI=1S/C25H21FO3/c1-28-23-11-5-20(6-12-23)16-18-25(27,21-7-13-24(29-2)14-8-21)17-15-19-3-9-22(26)10-4-19/h3-14,16,18,27H,1-2H3/b18-16+. The van der Waals surface area contributed by atoms with Crippen LogP contribution in [0.1, 0.15) is 16.7 Å². The van der Waals surface area contributed by atoms with Gasteiger partial charge in [-0.2, -0.15) is 0 Å². The second-order valence-corrected chi connectivity index (χ2v) is 6.36. The first kappa shape index (κ1) is 20.2. The second kappa shape index (κ2) is 9.09. The topological polar surface area (TPSA) is 38.7 Å². The van der Waals surface area contributed by atoms with Gasteiger partial charge in [-0.05, 0) is 60.2 Å². The third-order valence-electron chi connectivity index (χ3n) is 4.40. The SMILES string of the molecule is COc1ccc(/C=C/C(O)(C#Cc2ccc(F)cc2)c2ccc(OC)cc2)cc1. The molecule has 0 spiro atoms. The maximum absolute atomic E-state index is 13.1. The maximum Gasteiger partial charge on any atom is 0.170 e. The van der Waals surface area contributed by atoms with Crippen LogP contribution in [0.25, 0.3) is 6.08 Å². The third kappa shape index (κ3) is 5.25. The van der Waals surface area contributed by atoms with Crippen molar-refractivity contribution in [2.45, 2.75) is 5.60 Å². The molecule has 1 unspecified atom stereocenters. The highest BCUT2D eigenvalue weighted by Gasteiger charge is 2.23. The van der Waals surface area contributed by atoms with Crippen LogP contribution in [-0.2, 0) is 5.60 Å². The molecular weight excluding hydrogens is 367 g/mol. The van der Waals surface area contributed by atoms with E-state index in [1.54, 1.807) is 62.8 Å². The summed E-state index contributed by atoms with van der Waals surface area (Å²) in [5.74, 6) is 6.94. The number of benzene rings is 3. The number of aliphatic hydroxyl groups is 1. The largest absolute Gasteiger partial charge is 0.497 e. The van der Waals surface area contributed by atoms with E-state index in [0.29, 0.717) is 16.9 Å². The molecule has 1 atom stereocenters. The summed E-state index contributed by atoms with van der Waals surface area (Å²) in [6, 6.07) is 20.3. The number of halogens is 1. The van der Waals surface area contributed by atoms with Gasteiger partial charge in [0.05, 0.1) is 14.2 Å². The fourth-order valence-corrected chi connectivity index (χ4v) is 2.69. The normalized spacial score (nSPS) is 12.7. The van der Waals surface area contributed by atoms with Gasteiger partial charge in [0.1, 0.15) is 17.3 Å². The molecule has 3 rings (SSSR count). The Morgan fingerprint density at radius 1 is 0.828 bits per heavy atom. The summed E-state index contributed by atoms with van der Waals surface area (Å²) >= 11 is 0. The van der Waals surface area contributed by atoms with Crippen LogP contribution < -0.4 is 9.47 Å². The molecule has 0 radical (unpaired) electrons. The van der Waals surface area contributed by atoms with E-state index in [0.717, 1.165) is 11.3 Å². The zero-order valence-electron chi connectivity index (χ0n) is 16.2. The van der Waals surface area contributed by atoms with Crippen LogP contribution in [0.5, 0.6) is 11.5 Å². The van der Waals surface area contributed by atoms with Crippen LogP contribution in [-0.4, -0.2) is 19.3 Å². The number of hydrogen-bond acceptors (Lipinski definition) is 3. The Bertz CT molecular complexity index is 1030. The first-order valence-electron chi connectivity index (χ1n) is 9.01. The summed E-state index contributed by atoms with van der Waals surface area (Å²) in [5.41, 5.74) is 0.552. The highest BCUT2D eigenvalue weighted by Crippen LogP contribution is 2.26. The molecule has 0 aromatic heterocycles. The van der Waals surface area contributed by atoms with Gasteiger partial charge >= 0.3 is 0 Å². The van der Waals surface area contributed by atoms with E-state index in [1.165, 1.54) is 12.1 Å². The van der Waals surface area contributed by atoms with Crippen molar-refractivity contribution in [2.75, 3.05) is 14.2 Å². The molecule has 146 valence electrons. The Morgan fingerprint density at radius 3 is 1.93 bits per heavy atom. The van der Waals surface area contributed by atoms with Crippen LogP contribution in [0.3, 0.4) is 0 Å². The minimum Gasteiger partial charge on any atom is -0.497 e. The van der Waals surface area contributed by atoms with E-state index in [-0.39, 0.29) is 5.82 Å². The first-order chi connectivity index (χ1) is 14.0. The third-order valence-corrected chi connectivity index (χ3v) is 4.40. The molecule has 1 N–H and O–H groups in total. The minimum absolute atomic E-state index is 0.333. The lowest BCUT2D eigenvalue weighted by molar-refractivity contribution is 0.155. The smallest absolute Gasteiger partial charge is 0.170 e. The molecule has 0 fully saturated rings. The van der Waals surface area contributed by atoms with Crippen molar-refractivity contribution in [1.29, 1.82) is 0 Å². The summed E-state index contributed by atoms with van der Waals surface area (Å²) in [7, 11) is 3.19. The molecule has 0 saturated heterocycles. The predicted molar refractivity (Wildman–Crippen MR) is 112 cm³/mol. The van der Waals surface area contributed by atoms with E-state index in [1.807, 2.05) is 24.3 Å². The Kier molecular flexibility index (Phi) is 6.33. The minimum atomic E-state index is -1.54. The number of hydrogen-bond donors (Lipinski definition) is 1. The quantitative estimate of drug-likeness (QED) is 0.639. The highest BCUT2D eigenvalue weighted by atomic mass is 19.1. The number of rotatable bonds is 5. The second-order valence-electron chi connectivity index (χ2n) is 6.36. The average molecular weight is 388 g/mol. The van der Waals surface area contributed by atoms with Crippen LogP contribution >= 0.6 is 0 Å². The fraction of sp³-hybridized carbons (Fsp3) is 0.120. The Morgan fingerprint density at radius 2 is 1.38 bits per heavy atom. The van der Waals surface area contributed by atoms with Crippen molar-refractivity contribution in [3.63, 3.8) is 0 Å². The van der Waals surface area contributed by atoms with Gasteiger partial charge in [-0.3, -0.25) is 0 Å². The van der Waals surface area contributed by atoms with Crippen LogP contribution in [0.2, 0.25) is 0 Å². The van der Waals surface area contributed by atoms with Gasteiger partial charge in [0, 0.05) is 11.1 Å². The average Bonchev–Trinajstić information content (AvgIpc) is 2.78. The van der Waals surface area contributed by atoms with Gasteiger partial charge in [-0.1, -0.05) is 42.2 Å². The lowest BCUT2D eigenvalue weighted by atomic mass is 9.92. The molecule has 29 heavy (non-hydrogen) atoms. The predicted octanol–water partition coefficient (Wildman–Crippen LogP) is 4.80. The zero-order valence-corrected chi connectivity index (χ0v) is 16.2. The molecule has 3 aromatic carbocycles. The van der Waals surface area contributed by atoms with Gasteiger partial charge in [0.15, 0.2) is 5.60 Å². The molecule has 0 bridgehead atoms. The van der Waals surface area contributed by atoms with E-state index in [4.69, 9.17) is 9.47 Å². The zero-order chi connectivity index (χ0) is 20.7. The Balaban J connectivity index is 1.97. The first-order valence-corrected chi connectivity index (χ1v) is 9.01. The van der Waals surface area contributed by atoms with E-state index in [2.05, 4.69) is 11.8 Å². The van der Waals surface area contributed by atoms with Gasteiger partial charge in [-0.15, -0.1) is 0 Å². The van der Waals surface area contributed by atoms with Gasteiger partial charge in [-0.25, -0.2) is 4.39 Å². The number of methoxy groups -OCH3 is 2. The molecule has 0 saturated carbocycles. The van der Waals surface area contributed by atoms with Gasteiger partial charge in [0.25, 0.3) is 0 Å². The molecule has 4 heteroatoms. The van der Waals surface area contributed by atoms with Crippen LogP contribution in [0.4, 0.5) is 4.39 Å². The molecular formula is C25H21FO3. The van der Waals surface area contributed by atoms with Crippen LogP contribution in [0.15, 0.2) is 78.9 Å². The highest BCUT2D eigenvalue weighted by molar-refractivity contribution is 5.56. The summed E-state index contributed by atoms with van der Waals surface area (Å²) in [4.78, 5) is 0. The summed E-state index contributed by atoms with van der Waals surface area (Å²) in [6.45, 7) is 0. The lowest BCUT2D eigenvalue weighted by Crippen LogP contribution is -2.20. The Labute approximate surface area is 170 Å². The molecule has 0 aliphatic rings. The lowest BCUT2D eigenvalue weighted by Gasteiger charge is -2.19. The van der Waals surface area contributed by atoms with Gasteiger partial charge in [0.2, 0.25) is 0 Å². The molecule has 0 aliphatic carbocycles. The summed E-state index contributed by atoms with van der Waals surface area (Å²) in [6.07, 6.45) is 3.43. The van der Waals surface area contributed by atoms with Crippen molar-refractivity contribution < 1.29 is 19.0 Å². The van der Waals surface area contributed by atoms with E-state index >= 15 is 0 Å². The monoisotopic (exact) mass is 388 g/mol. The molecule has 0 amide bonds. The summed E-state index contributed by atoms with van der Waals surface area (Å²) < 4.78 is 23.5. The Hall–Kier alpha value is -3.55. The van der Waals surface area contributed by atoms with Gasteiger partial charge < -0.3 is 14.6 Å². The van der Waals surface area contributed by atoms with Crippen LogP contribution in [0, 0.1) is 17.7 Å². The van der Waals surface area contributed by atoms with Crippen molar-refractivity contribution in [3.8, 4) is 23.3 Å². The molecule has 0 aliphatic heterocycles. The van der Waals surface area contributed by atoms with E-state index < -0.39 is 5.60 Å². The summed E-state index contributed by atoms with van der Waals surface area (Å²) in [5, 5.41) is 11.3.